The van der Waals surface area contributed by atoms with Crippen molar-refractivity contribution in [3.8, 4) is 0 Å². The van der Waals surface area contributed by atoms with Crippen molar-refractivity contribution in [1.29, 1.82) is 0 Å². The van der Waals surface area contributed by atoms with Crippen molar-refractivity contribution in [2.45, 2.75) is 6.43 Å². The van der Waals surface area contributed by atoms with Crippen molar-refractivity contribution in [2.75, 3.05) is 38.5 Å². The summed E-state index contributed by atoms with van der Waals surface area (Å²) >= 11 is 0. The highest BCUT2D eigenvalue weighted by Crippen LogP contribution is 2.15. The van der Waals surface area contributed by atoms with E-state index in [9.17, 15) is 13.6 Å². The van der Waals surface area contributed by atoms with Gasteiger partial charge in [-0.2, -0.15) is 0 Å². The van der Waals surface area contributed by atoms with E-state index < -0.39 is 6.43 Å². The van der Waals surface area contributed by atoms with E-state index in [4.69, 9.17) is 5.73 Å². The van der Waals surface area contributed by atoms with Crippen molar-refractivity contribution < 1.29 is 13.6 Å². The number of rotatable bonds is 3. The van der Waals surface area contributed by atoms with Crippen molar-refractivity contribution in [3.63, 3.8) is 0 Å². The van der Waals surface area contributed by atoms with Gasteiger partial charge in [0.25, 0.3) is 12.3 Å². The van der Waals surface area contributed by atoms with Gasteiger partial charge in [-0.3, -0.25) is 9.69 Å². The monoisotopic (exact) mass is 341 g/mol. The molecule has 0 unspecified atom stereocenters. The van der Waals surface area contributed by atoms with Crippen LogP contribution in [0.2, 0.25) is 0 Å². The first-order valence-corrected chi connectivity index (χ1v) is 6.22. The van der Waals surface area contributed by atoms with Crippen LogP contribution < -0.4 is 5.73 Å². The average Bonchev–Trinajstić information content (AvgIpc) is 2.39. The quantitative estimate of drug-likeness (QED) is 0.857. The van der Waals surface area contributed by atoms with Gasteiger partial charge in [-0.15, -0.1) is 24.8 Å². The third kappa shape index (κ3) is 5.30. The fourth-order valence-corrected chi connectivity index (χ4v) is 2.19. The smallest absolute Gasteiger partial charge is 0.256 e. The average molecular weight is 342 g/mol. The molecule has 0 spiro atoms. The number of nitrogens with two attached hydrogens (primary N) is 1. The first kappa shape index (κ1) is 19.9. The van der Waals surface area contributed by atoms with Crippen LogP contribution >= 0.6 is 24.8 Å². The van der Waals surface area contributed by atoms with Crippen LogP contribution in [0.4, 0.5) is 14.5 Å². The Morgan fingerprint density at radius 2 is 1.71 bits per heavy atom. The Morgan fingerprint density at radius 1 is 1.14 bits per heavy atom. The number of carbonyl (C=O) groups is 1. The number of benzene rings is 1. The van der Waals surface area contributed by atoms with Crippen LogP contribution in [0.1, 0.15) is 10.4 Å². The molecule has 2 rings (SSSR count). The highest BCUT2D eigenvalue weighted by Gasteiger charge is 2.24. The molecule has 21 heavy (non-hydrogen) atoms. The molecule has 1 amide bonds. The summed E-state index contributed by atoms with van der Waals surface area (Å²) in [6, 6.07) is 6.90. The second-order valence-electron chi connectivity index (χ2n) is 4.57. The maximum absolute atomic E-state index is 12.3. The number of hydrogen-bond acceptors (Lipinski definition) is 3. The zero-order chi connectivity index (χ0) is 13.8. The summed E-state index contributed by atoms with van der Waals surface area (Å²) in [5.41, 5.74) is 6.69. The standard InChI is InChI=1S/C13H17F2N3O.2ClH/c14-12(15)9-17-5-7-18(8-6-17)13(19)10-3-1-2-4-11(10)16;;/h1-4,12H,5-9,16H2;2*1H. The molecule has 1 aliphatic rings. The molecule has 1 aliphatic heterocycles. The van der Waals surface area contributed by atoms with Gasteiger partial charge < -0.3 is 10.6 Å². The number of carbonyl (C=O) groups excluding carboxylic acids is 1. The maximum atomic E-state index is 12.3. The lowest BCUT2D eigenvalue weighted by Gasteiger charge is -2.34. The van der Waals surface area contributed by atoms with Gasteiger partial charge in [-0.1, -0.05) is 12.1 Å². The summed E-state index contributed by atoms with van der Waals surface area (Å²) in [5, 5.41) is 0. The fraction of sp³-hybridized carbons (Fsp3) is 0.462. The molecule has 0 saturated carbocycles. The summed E-state index contributed by atoms with van der Waals surface area (Å²) in [5.74, 6) is -0.130. The van der Waals surface area contributed by atoms with E-state index in [1.807, 2.05) is 0 Å². The van der Waals surface area contributed by atoms with Gasteiger partial charge in [0.05, 0.1) is 12.1 Å². The number of nitrogens with zero attached hydrogens (tertiary/aromatic N) is 2. The highest BCUT2D eigenvalue weighted by atomic mass is 35.5. The van der Waals surface area contributed by atoms with E-state index in [-0.39, 0.29) is 37.3 Å². The third-order valence-electron chi connectivity index (χ3n) is 3.25. The topological polar surface area (TPSA) is 49.6 Å². The van der Waals surface area contributed by atoms with Crippen LogP contribution in [-0.2, 0) is 0 Å². The summed E-state index contributed by atoms with van der Waals surface area (Å²) in [7, 11) is 0. The van der Waals surface area contributed by atoms with E-state index in [1.165, 1.54) is 0 Å². The van der Waals surface area contributed by atoms with Gasteiger partial charge in [-0.05, 0) is 12.1 Å². The van der Waals surface area contributed by atoms with E-state index in [0.717, 1.165) is 0 Å². The SMILES string of the molecule is Cl.Cl.Nc1ccccc1C(=O)N1CCN(CC(F)F)CC1. The van der Waals surface area contributed by atoms with E-state index in [2.05, 4.69) is 0 Å². The third-order valence-corrected chi connectivity index (χ3v) is 3.25. The van der Waals surface area contributed by atoms with Crippen molar-refractivity contribution in [2.24, 2.45) is 0 Å². The summed E-state index contributed by atoms with van der Waals surface area (Å²) < 4.78 is 24.5. The van der Waals surface area contributed by atoms with Gasteiger partial charge in [0.15, 0.2) is 0 Å². The highest BCUT2D eigenvalue weighted by molar-refractivity contribution is 5.99. The van der Waals surface area contributed by atoms with Crippen molar-refractivity contribution in [3.05, 3.63) is 29.8 Å². The second kappa shape index (κ2) is 9.02. The maximum Gasteiger partial charge on any atom is 0.256 e. The minimum Gasteiger partial charge on any atom is -0.398 e. The van der Waals surface area contributed by atoms with Gasteiger partial charge in [-0.25, -0.2) is 8.78 Å². The number of anilines is 1. The Bertz CT molecular complexity index is 455. The molecule has 120 valence electrons. The Balaban J connectivity index is 0.00000200. The lowest BCUT2D eigenvalue weighted by atomic mass is 10.1. The largest absolute Gasteiger partial charge is 0.398 e. The molecule has 1 aromatic rings. The van der Waals surface area contributed by atoms with Gasteiger partial charge in [0, 0.05) is 31.9 Å². The number of alkyl halides is 2. The number of piperazine rings is 1. The number of hydrogen-bond donors (Lipinski definition) is 1. The summed E-state index contributed by atoms with van der Waals surface area (Å²) in [4.78, 5) is 15.6. The first-order chi connectivity index (χ1) is 9.08. The van der Waals surface area contributed by atoms with Crippen LogP contribution in [0.25, 0.3) is 0 Å². The Kier molecular flexibility index (Phi) is 8.54. The Hall–Kier alpha value is -1.11. The van der Waals surface area contributed by atoms with Gasteiger partial charge in [0.2, 0.25) is 0 Å². The van der Waals surface area contributed by atoms with Crippen LogP contribution in [0, 0.1) is 0 Å². The van der Waals surface area contributed by atoms with E-state index in [0.29, 0.717) is 37.4 Å². The van der Waals surface area contributed by atoms with Gasteiger partial charge in [0.1, 0.15) is 0 Å². The van der Waals surface area contributed by atoms with Crippen LogP contribution in [0.5, 0.6) is 0 Å². The molecule has 4 nitrogen and oxygen atoms in total. The summed E-state index contributed by atoms with van der Waals surface area (Å²) in [6.07, 6.45) is -2.33. The molecule has 0 atom stereocenters. The number of para-hydroxylation sites is 1. The molecular formula is C13H19Cl2F2N3O. The molecule has 2 N–H and O–H groups in total. The minimum absolute atomic E-state index is 0. The predicted molar refractivity (Wildman–Crippen MR) is 83.7 cm³/mol. The number of halogens is 4. The molecule has 1 aromatic carbocycles. The van der Waals surface area contributed by atoms with Crippen LogP contribution in [0.15, 0.2) is 24.3 Å². The molecule has 0 aromatic heterocycles. The molecule has 0 aliphatic carbocycles. The Morgan fingerprint density at radius 3 is 2.24 bits per heavy atom. The minimum atomic E-state index is -2.33. The molecule has 0 radical (unpaired) electrons. The van der Waals surface area contributed by atoms with E-state index in [1.54, 1.807) is 34.1 Å². The summed E-state index contributed by atoms with van der Waals surface area (Å²) in [6.45, 7) is 1.64. The molecule has 1 fully saturated rings. The first-order valence-electron chi connectivity index (χ1n) is 6.22. The molecule has 1 saturated heterocycles. The van der Waals surface area contributed by atoms with E-state index >= 15 is 0 Å². The second-order valence-corrected chi connectivity index (χ2v) is 4.57. The van der Waals surface area contributed by atoms with Crippen molar-refractivity contribution in [1.82, 2.24) is 9.80 Å². The van der Waals surface area contributed by atoms with Crippen molar-refractivity contribution >= 4 is 36.4 Å². The Labute approximate surface area is 135 Å². The predicted octanol–water partition coefficient (Wildman–Crippen LogP) is 2.14. The zero-order valence-electron chi connectivity index (χ0n) is 11.4. The van der Waals surface area contributed by atoms with Crippen LogP contribution in [-0.4, -0.2) is 54.9 Å². The molecule has 8 heteroatoms. The van der Waals surface area contributed by atoms with Gasteiger partial charge >= 0.3 is 0 Å². The zero-order valence-corrected chi connectivity index (χ0v) is 13.0. The fourth-order valence-electron chi connectivity index (χ4n) is 2.19. The molecule has 1 heterocycles. The lowest BCUT2D eigenvalue weighted by Crippen LogP contribution is -2.49. The number of nitrogen functional groups attached to an aromatic ring is 1. The van der Waals surface area contributed by atoms with Crippen LogP contribution in [0.3, 0.4) is 0 Å². The number of amides is 1. The normalized spacial score (nSPS) is 15.3. The molecular weight excluding hydrogens is 323 g/mol. The molecule has 0 bridgehead atoms. The lowest BCUT2D eigenvalue weighted by molar-refractivity contribution is 0.0459.